The van der Waals surface area contributed by atoms with Crippen LogP contribution in [0.2, 0.25) is 0 Å². The van der Waals surface area contributed by atoms with Crippen LogP contribution in [0.4, 0.5) is 0 Å². The van der Waals surface area contributed by atoms with Crippen LogP contribution in [0.3, 0.4) is 0 Å². The number of allylic oxidation sites excluding steroid dienone is 2. The van der Waals surface area contributed by atoms with Crippen molar-refractivity contribution in [2.45, 2.75) is 67.2 Å². The highest BCUT2D eigenvalue weighted by Crippen LogP contribution is 2.35. The van der Waals surface area contributed by atoms with Gasteiger partial charge in [0.1, 0.15) is 0 Å². The Morgan fingerprint density at radius 1 is 0.962 bits per heavy atom. The molecule has 0 bridgehead atoms. The number of benzene rings is 2. The van der Waals surface area contributed by atoms with E-state index in [4.69, 9.17) is 0 Å². The van der Waals surface area contributed by atoms with Gasteiger partial charge in [0.25, 0.3) is 0 Å². The molecule has 0 heteroatoms. The van der Waals surface area contributed by atoms with E-state index in [1.165, 1.54) is 50.1 Å². The van der Waals surface area contributed by atoms with Gasteiger partial charge in [-0.15, -0.1) is 0 Å². The SMILES string of the molecule is C=Cc1c(C)ccc(/C(C)=C(\CC)c2cc(C(C)(C)C)ccc2C)c1C. The Labute approximate surface area is 160 Å². The molecule has 0 fully saturated rings. The van der Waals surface area contributed by atoms with E-state index in [-0.39, 0.29) is 5.41 Å². The molecule has 0 aliphatic heterocycles. The summed E-state index contributed by atoms with van der Waals surface area (Å²) in [5, 5.41) is 0. The Bertz CT molecular complexity index is 854. The second-order valence-corrected chi connectivity index (χ2v) is 8.41. The zero-order valence-corrected chi connectivity index (χ0v) is 17.9. The normalized spacial score (nSPS) is 12.8. The summed E-state index contributed by atoms with van der Waals surface area (Å²) < 4.78 is 0. The molecule has 0 spiro atoms. The van der Waals surface area contributed by atoms with Gasteiger partial charge in [0.15, 0.2) is 0 Å². The van der Waals surface area contributed by atoms with Gasteiger partial charge >= 0.3 is 0 Å². The second-order valence-electron chi connectivity index (χ2n) is 8.41. The molecule has 0 saturated heterocycles. The van der Waals surface area contributed by atoms with Gasteiger partial charge in [0.2, 0.25) is 0 Å². The molecular weight excluding hydrogens is 312 g/mol. The van der Waals surface area contributed by atoms with Crippen LogP contribution in [0.5, 0.6) is 0 Å². The second kappa shape index (κ2) is 7.66. The molecule has 0 radical (unpaired) electrons. The lowest BCUT2D eigenvalue weighted by Crippen LogP contribution is -2.11. The molecule has 0 unspecified atom stereocenters. The lowest BCUT2D eigenvalue weighted by Gasteiger charge is -2.23. The third kappa shape index (κ3) is 3.85. The zero-order valence-electron chi connectivity index (χ0n) is 17.9. The van der Waals surface area contributed by atoms with Crippen molar-refractivity contribution < 1.29 is 0 Å². The van der Waals surface area contributed by atoms with Gasteiger partial charge in [-0.05, 0) is 89.6 Å². The summed E-state index contributed by atoms with van der Waals surface area (Å²) in [7, 11) is 0. The Hall–Kier alpha value is -2.08. The van der Waals surface area contributed by atoms with E-state index in [1.807, 2.05) is 6.08 Å². The summed E-state index contributed by atoms with van der Waals surface area (Å²) in [6, 6.07) is 11.4. The molecule has 0 nitrogen and oxygen atoms in total. The number of aryl methyl sites for hydroxylation is 2. The molecular formula is C26H34. The molecule has 0 saturated carbocycles. The Balaban J connectivity index is 2.73. The Kier molecular flexibility index (Phi) is 5.96. The number of hydrogen-bond donors (Lipinski definition) is 0. The fraction of sp³-hybridized carbons (Fsp3) is 0.385. The molecule has 2 aromatic rings. The average Bonchev–Trinajstić information content (AvgIpc) is 2.56. The fourth-order valence-electron chi connectivity index (χ4n) is 3.82. The molecule has 0 aliphatic rings. The summed E-state index contributed by atoms with van der Waals surface area (Å²) in [6.07, 6.45) is 3.01. The summed E-state index contributed by atoms with van der Waals surface area (Å²) in [6.45, 7) is 22.0. The van der Waals surface area contributed by atoms with Gasteiger partial charge in [-0.2, -0.15) is 0 Å². The average molecular weight is 347 g/mol. The van der Waals surface area contributed by atoms with Crippen LogP contribution in [0.25, 0.3) is 17.2 Å². The van der Waals surface area contributed by atoms with Crippen molar-refractivity contribution in [3.63, 3.8) is 0 Å². The van der Waals surface area contributed by atoms with Crippen LogP contribution in [-0.2, 0) is 5.41 Å². The molecule has 0 aromatic heterocycles. The third-order valence-electron chi connectivity index (χ3n) is 5.58. The predicted octanol–water partition coefficient (Wildman–Crippen LogP) is 7.89. The third-order valence-corrected chi connectivity index (χ3v) is 5.58. The summed E-state index contributed by atoms with van der Waals surface area (Å²) in [4.78, 5) is 0. The first kappa shape index (κ1) is 20.2. The van der Waals surface area contributed by atoms with Crippen LogP contribution < -0.4 is 0 Å². The first-order valence-corrected chi connectivity index (χ1v) is 9.66. The van der Waals surface area contributed by atoms with Crippen molar-refractivity contribution in [3.05, 3.63) is 75.9 Å². The number of hydrogen-bond acceptors (Lipinski definition) is 0. The maximum absolute atomic E-state index is 4.01. The van der Waals surface area contributed by atoms with Gasteiger partial charge in [-0.1, -0.05) is 70.7 Å². The van der Waals surface area contributed by atoms with Gasteiger partial charge in [0, 0.05) is 0 Å². The van der Waals surface area contributed by atoms with Crippen LogP contribution in [0.1, 0.15) is 80.0 Å². The van der Waals surface area contributed by atoms with E-state index in [1.54, 1.807) is 0 Å². The summed E-state index contributed by atoms with van der Waals surface area (Å²) in [5.74, 6) is 0. The lowest BCUT2D eigenvalue weighted by molar-refractivity contribution is 0.590. The zero-order chi connectivity index (χ0) is 19.6. The highest BCUT2D eigenvalue weighted by Gasteiger charge is 2.17. The Morgan fingerprint density at radius 2 is 1.58 bits per heavy atom. The van der Waals surface area contributed by atoms with Crippen LogP contribution in [-0.4, -0.2) is 0 Å². The summed E-state index contributed by atoms with van der Waals surface area (Å²) >= 11 is 0. The first-order valence-electron chi connectivity index (χ1n) is 9.66. The molecule has 0 amide bonds. The fourth-order valence-corrected chi connectivity index (χ4v) is 3.82. The molecule has 0 atom stereocenters. The minimum Gasteiger partial charge on any atom is -0.0984 e. The minimum atomic E-state index is 0.158. The monoisotopic (exact) mass is 346 g/mol. The van der Waals surface area contributed by atoms with E-state index in [2.05, 4.69) is 92.3 Å². The first-order chi connectivity index (χ1) is 12.1. The Morgan fingerprint density at radius 3 is 2.12 bits per heavy atom. The van der Waals surface area contributed by atoms with Crippen molar-refractivity contribution >= 4 is 17.2 Å². The molecule has 0 N–H and O–H groups in total. The van der Waals surface area contributed by atoms with Crippen molar-refractivity contribution in [2.75, 3.05) is 0 Å². The van der Waals surface area contributed by atoms with Gasteiger partial charge in [-0.3, -0.25) is 0 Å². The maximum Gasteiger partial charge on any atom is -0.0132 e. The van der Waals surface area contributed by atoms with E-state index >= 15 is 0 Å². The quantitative estimate of drug-likeness (QED) is 0.494. The maximum atomic E-state index is 4.01. The van der Waals surface area contributed by atoms with Crippen molar-refractivity contribution in [1.29, 1.82) is 0 Å². The van der Waals surface area contributed by atoms with Crippen molar-refractivity contribution in [1.82, 2.24) is 0 Å². The van der Waals surface area contributed by atoms with Gasteiger partial charge in [-0.25, -0.2) is 0 Å². The van der Waals surface area contributed by atoms with Crippen LogP contribution in [0.15, 0.2) is 36.9 Å². The standard InChI is InChI=1S/C26H34/c1-10-22-17(3)13-15-24(19(22)5)20(6)23(11-2)25-16-21(26(7,8)9)14-12-18(25)4/h10,12-16H,1,11H2,2-9H3/b23-20+. The highest BCUT2D eigenvalue weighted by molar-refractivity contribution is 5.92. The van der Waals surface area contributed by atoms with Gasteiger partial charge in [0.05, 0.1) is 0 Å². The molecule has 0 heterocycles. The lowest BCUT2D eigenvalue weighted by atomic mass is 9.82. The van der Waals surface area contributed by atoms with Crippen molar-refractivity contribution in [2.24, 2.45) is 0 Å². The highest BCUT2D eigenvalue weighted by atomic mass is 14.2. The van der Waals surface area contributed by atoms with Crippen LogP contribution in [0, 0.1) is 20.8 Å². The van der Waals surface area contributed by atoms with Crippen LogP contribution >= 0.6 is 0 Å². The molecule has 26 heavy (non-hydrogen) atoms. The van der Waals surface area contributed by atoms with Gasteiger partial charge < -0.3 is 0 Å². The van der Waals surface area contributed by atoms with E-state index in [9.17, 15) is 0 Å². The minimum absolute atomic E-state index is 0.158. The van der Waals surface area contributed by atoms with Crippen molar-refractivity contribution in [3.8, 4) is 0 Å². The molecule has 2 aromatic carbocycles. The van der Waals surface area contributed by atoms with E-state index in [0.717, 1.165) is 6.42 Å². The topological polar surface area (TPSA) is 0 Å². The smallest absolute Gasteiger partial charge is 0.0132 e. The molecule has 0 aliphatic carbocycles. The predicted molar refractivity (Wildman–Crippen MR) is 119 cm³/mol. The molecule has 2 rings (SSSR count). The van der Waals surface area contributed by atoms with E-state index in [0.29, 0.717) is 0 Å². The van der Waals surface area contributed by atoms with E-state index < -0.39 is 0 Å². The number of rotatable bonds is 4. The summed E-state index contributed by atoms with van der Waals surface area (Å²) in [5.41, 5.74) is 12.3. The molecule has 138 valence electrons. The largest absolute Gasteiger partial charge is 0.0984 e.